The number of carbonyl (C=O) groups excluding carboxylic acids is 1. The van der Waals surface area contributed by atoms with E-state index >= 15 is 0 Å². The summed E-state index contributed by atoms with van der Waals surface area (Å²) >= 11 is 6.06. The average Bonchev–Trinajstić information content (AvgIpc) is 3.16. The van der Waals surface area contributed by atoms with Crippen LogP contribution < -0.4 is 4.74 Å². The summed E-state index contributed by atoms with van der Waals surface area (Å²) in [6.07, 6.45) is 4.82. The van der Waals surface area contributed by atoms with Crippen molar-refractivity contribution in [2.45, 2.75) is 19.4 Å². The van der Waals surface area contributed by atoms with Crippen LogP contribution in [0.1, 0.15) is 17.5 Å². The highest BCUT2D eigenvalue weighted by atomic mass is 35.5. The number of aryl methyl sites for hydroxylation is 1. The third kappa shape index (κ3) is 4.89. The molecular weight excluding hydrogens is 362 g/mol. The molecule has 1 amide bonds. The SMILES string of the molecule is COc1ccc(Cl)cc1CN(C)C(=O)CCc1cnn(-c2ccccc2)c1. The zero-order valence-electron chi connectivity index (χ0n) is 15.4. The molecule has 5 nitrogen and oxygen atoms in total. The Morgan fingerprint density at radius 3 is 2.74 bits per heavy atom. The summed E-state index contributed by atoms with van der Waals surface area (Å²) < 4.78 is 7.17. The van der Waals surface area contributed by atoms with Crippen molar-refractivity contribution < 1.29 is 9.53 Å². The van der Waals surface area contributed by atoms with Crippen LogP contribution in [0.5, 0.6) is 5.75 Å². The van der Waals surface area contributed by atoms with Crippen LogP contribution in [0.3, 0.4) is 0 Å². The van der Waals surface area contributed by atoms with E-state index in [9.17, 15) is 4.79 Å². The number of para-hydroxylation sites is 1. The predicted octanol–water partition coefficient (Wildman–Crippen LogP) is 4.13. The number of carbonyl (C=O) groups is 1. The molecule has 1 heterocycles. The molecule has 0 bridgehead atoms. The van der Waals surface area contributed by atoms with Crippen LogP contribution in [0.4, 0.5) is 0 Å². The van der Waals surface area contributed by atoms with Gasteiger partial charge in [0.2, 0.25) is 5.91 Å². The number of amides is 1. The Labute approximate surface area is 164 Å². The first-order chi connectivity index (χ1) is 13.1. The van der Waals surface area contributed by atoms with Gasteiger partial charge in [-0.25, -0.2) is 4.68 Å². The van der Waals surface area contributed by atoms with E-state index in [1.54, 1.807) is 31.3 Å². The predicted molar refractivity (Wildman–Crippen MR) is 106 cm³/mol. The van der Waals surface area contributed by atoms with E-state index in [-0.39, 0.29) is 5.91 Å². The van der Waals surface area contributed by atoms with Crippen molar-refractivity contribution in [1.29, 1.82) is 0 Å². The molecule has 1 aromatic heterocycles. The van der Waals surface area contributed by atoms with Gasteiger partial charge in [0.05, 0.1) is 19.0 Å². The van der Waals surface area contributed by atoms with Crippen LogP contribution in [-0.2, 0) is 17.8 Å². The molecule has 3 rings (SSSR count). The van der Waals surface area contributed by atoms with Crippen molar-refractivity contribution in [3.05, 3.63) is 77.1 Å². The van der Waals surface area contributed by atoms with Gasteiger partial charge in [-0.3, -0.25) is 4.79 Å². The van der Waals surface area contributed by atoms with Gasteiger partial charge in [0.1, 0.15) is 5.75 Å². The van der Waals surface area contributed by atoms with Crippen molar-refractivity contribution >= 4 is 17.5 Å². The minimum atomic E-state index is 0.0597. The molecule has 0 N–H and O–H groups in total. The van der Waals surface area contributed by atoms with Crippen LogP contribution in [0, 0.1) is 0 Å². The first-order valence-corrected chi connectivity index (χ1v) is 9.10. The third-order valence-electron chi connectivity index (χ3n) is 4.36. The zero-order chi connectivity index (χ0) is 19.2. The smallest absolute Gasteiger partial charge is 0.222 e. The molecule has 3 aromatic rings. The number of hydrogen-bond donors (Lipinski definition) is 0. The Hall–Kier alpha value is -2.79. The molecule has 0 saturated carbocycles. The van der Waals surface area contributed by atoms with Crippen LogP contribution in [0.15, 0.2) is 60.9 Å². The molecular formula is C21H22ClN3O2. The summed E-state index contributed by atoms with van der Waals surface area (Å²) in [5.41, 5.74) is 2.92. The molecule has 0 aliphatic heterocycles. The molecule has 0 fully saturated rings. The van der Waals surface area contributed by atoms with Crippen molar-refractivity contribution in [3.63, 3.8) is 0 Å². The lowest BCUT2D eigenvalue weighted by atomic mass is 10.1. The topological polar surface area (TPSA) is 47.4 Å². The van der Waals surface area contributed by atoms with E-state index in [1.165, 1.54) is 0 Å². The number of aromatic nitrogens is 2. The lowest BCUT2D eigenvalue weighted by Crippen LogP contribution is -2.26. The quantitative estimate of drug-likeness (QED) is 0.616. The van der Waals surface area contributed by atoms with Gasteiger partial charge in [0, 0.05) is 36.8 Å². The molecule has 27 heavy (non-hydrogen) atoms. The van der Waals surface area contributed by atoms with Gasteiger partial charge in [-0.05, 0) is 42.3 Å². The standard InChI is InChI=1S/C21H22ClN3O2/c1-24(15-17-12-18(22)9-10-20(17)27-2)21(26)11-8-16-13-23-25(14-16)19-6-4-3-5-7-19/h3-7,9-10,12-14H,8,11,15H2,1-2H3. The van der Waals surface area contributed by atoms with E-state index in [0.29, 0.717) is 24.4 Å². The second kappa shape index (κ2) is 8.73. The minimum absolute atomic E-state index is 0.0597. The van der Waals surface area contributed by atoms with Gasteiger partial charge in [0.15, 0.2) is 0 Å². The Morgan fingerprint density at radius 2 is 2.00 bits per heavy atom. The fourth-order valence-corrected chi connectivity index (χ4v) is 3.06. The molecule has 0 radical (unpaired) electrons. The Morgan fingerprint density at radius 1 is 1.22 bits per heavy atom. The number of hydrogen-bond acceptors (Lipinski definition) is 3. The fraction of sp³-hybridized carbons (Fsp3) is 0.238. The van der Waals surface area contributed by atoms with Gasteiger partial charge in [-0.2, -0.15) is 5.10 Å². The van der Waals surface area contributed by atoms with Crippen LogP contribution in [0.25, 0.3) is 5.69 Å². The highest BCUT2D eigenvalue weighted by Gasteiger charge is 2.13. The lowest BCUT2D eigenvalue weighted by Gasteiger charge is -2.19. The van der Waals surface area contributed by atoms with Crippen molar-refractivity contribution in [1.82, 2.24) is 14.7 Å². The molecule has 0 aliphatic rings. The molecule has 6 heteroatoms. The molecule has 0 spiro atoms. The van der Waals surface area contributed by atoms with E-state index in [1.807, 2.05) is 53.3 Å². The largest absolute Gasteiger partial charge is 0.496 e. The van der Waals surface area contributed by atoms with Gasteiger partial charge >= 0.3 is 0 Å². The van der Waals surface area contributed by atoms with E-state index < -0.39 is 0 Å². The van der Waals surface area contributed by atoms with E-state index in [0.717, 1.165) is 22.6 Å². The maximum atomic E-state index is 12.5. The zero-order valence-corrected chi connectivity index (χ0v) is 16.2. The second-order valence-electron chi connectivity index (χ2n) is 6.33. The Bertz CT molecular complexity index is 909. The molecule has 2 aromatic carbocycles. The average molecular weight is 384 g/mol. The van der Waals surface area contributed by atoms with Crippen LogP contribution >= 0.6 is 11.6 Å². The van der Waals surface area contributed by atoms with E-state index in [4.69, 9.17) is 16.3 Å². The summed E-state index contributed by atoms with van der Waals surface area (Å²) in [6, 6.07) is 15.3. The molecule has 0 saturated heterocycles. The summed E-state index contributed by atoms with van der Waals surface area (Å²) in [5, 5.41) is 4.99. The van der Waals surface area contributed by atoms with Gasteiger partial charge in [-0.1, -0.05) is 29.8 Å². The number of rotatable bonds is 7. The Kier molecular flexibility index (Phi) is 6.14. The first kappa shape index (κ1) is 19.0. The van der Waals surface area contributed by atoms with E-state index in [2.05, 4.69) is 5.10 Å². The number of nitrogens with zero attached hydrogens (tertiary/aromatic N) is 3. The van der Waals surface area contributed by atoms with Gasteiger partial charge < -0.3 is 9.64 Å². The second-order valence-corrected chi connectivity index (χ2v) is 6.77. The monoisotopic (exact) mass is 383 g/mol. The maximum absolute atomic E-state index is 12.5. The molecule has 140 valence electrons. The van der Waals surface area contributed by atoms with Crippen LogP contribution in [-0.4, -0.2) is 34.7 Å². The highest BCUT2D eigenvalue weighted by Crippen LogP contribution is 2.24. The normalized spacial score (nSPS) is 10.6. The third-order valence-corrected chi connectivity index (χ3v) is 4.60. The van der Waals surface area contributed by atoms with Crippen LogP contribution in [0.2, 0.25) is 5.02 Å². The van der Waals surface area contributed by atoms with Crippen molar-refractivity contribution in [2.24, 2.45) is 0 Å². The van der Waals surface area contributed by atoms with Gasteiger partial charge in [0.25, 0.3) is 0 Å². The number of halogens is 1. The maximum Gasteiger partial charge on any atom is 0.222 e. The molecule has 0 unspecified atom stereocenters. The number of ether oxygens (including phenoxy) is 1. The van der Waals surface area contributed by atoms with Gasteiger partial charge in [-0.15, -0.1) is 0 Å². The highest BCUT2D eigenvalue weighted by molar-refractivity contribution is 6.30. The number of methoxy groups -OCH3 is 1. The van der Waals surface area contributed by atoms with Crippen molar-refractivity contribution in [2.75, 3.05) is 14.2 Å². The summed E-state index contributed by atoms with van der Waals surface area (Å²) in [4.78, 5) is 14.2. The summed E-state index contributed by atoms with van der Waals surface area (Å²) in [7, 11) is 3.40. The molecule has 0 atom stereocenters. The fourth-order valence-electron chi connectivity index (χ4n) is 2.87. The minimum Gasteiger partial charge on any atom is -0.496 e. The Balaban J connectivity index is 1.58. The first-order valence-electron chi connectivity index (χ1n) is 8.72. The molecule has 0 aliphatic carbocycles. The van der Waals surface area contributed by atoms with Crippen molar-refractivity contribution in [3.8, 4) is 11.4 Å². The lowest BCUT2D eigenvalue weighted by molar-refractivity contribution is -0.130. The summed E-state index contributed by atoms with van der Waals surface area (Å²) in [6.45, 7) is 0.450. The number of benzene rings is 2. The summed E-state index contributed by atoms with van der Waals surface area (Å²) in [5.74, 6) is 0.785.